The molecule has 0 atom stereocenters. The molecule has 3 aromatic carbocycles. The molecule has 124 valence electrons. The minimum absolute atomic E-state index is 0. The lowest BCUT2D eigenvalue weighted by Gasteiger charge is -2.19. The molecular weight excluding hydrogens is 325 g/mol. The van der Waals surface area contributed by atoms with E-state index in [1.165, 1.54) is 0 Å². The smallest absolute Gasteiger partial charge is 0.386 e. The minimum atomic E-state index is -3.89. The number of phosphoric ester groups is 1. The molecule has 0 heterocycles. The summed E-state index contributed by atoms with van der Waals surface area (Å²) >= 11 is 0. The summed E-state index contributed by atoms with van der Waals surface area (Å²) in [5.74, 6) is 1.22. The van der Waals surface area contributed by atoms with Crippen molar-refractivity contribution in [3.63, 3.8) is 0 Å². The molecule has 24 heavy (non-hydrogen) atoms. The first kappa shape index (κ1) is 17.6. The van der Waals surface area contributed by atoms with Crippen LogP contribution in [0.4, 0.5) is 0 Å². The Morgan fingerprint density at radius 3 is 1.00 bits per heavy atom. The van der Waals surface area contributed by atoms with E-state index in [9.17, 15) is 4.57 Å². The number of rotatable bonds is 6. The summed E-state index contributed by atoms with van der Waals surface area (Å²) in [5.41, 5.74) is 0. The van der Waals surface area contributed by atoms with E-state index in [0.717, 1.165) is 0 Å². The Kier molecular flexibility index (Phi) is 6.01. The van der Waals surface area contributed by atoms with E-state index in [1.54, 1.807) is 72.8 Å². The normalized spacial score (nSPS) is 10.3. The highest BCUT2D eigenvalue weighted by atomic mass is 31.2. The van der Waals surface area contributed by atoms with Crippen LogP contribution in [-0.2, 0) is 4.57 Å². The average molecular weight is 343 g/mol. The van der Waals surface area contributed by atoms with E-state index < -0.39 is 7.82 Å². The van der Waals surface area contributed by atoms with Gasteiger partial charge in [0.2, 0.25) is 0 Å². The first-order valence-electron chi connectivity index (χ1n) is 7.07. The summed E-state index contributed by atoms with van der Waals surface area (Å²) in [7, 11) is -3.89. The Labute approximate surface area is 141 Å². The number of hydrogen-bond donors (Lipinski definition) is 1. The predicted molar refractivity (Wildman–Crippen MR) is 93.8 cm³/mol. The first-order chi connectivity index (χ1) is 11.2. The molecule has 0 amide bonds. The maximum atomic E-state index is 13.1. The van der Waals surface area contributed by atoms with Gasteiger partial charge in [-0.2, -0.15) is 4.57 Å². The molecule has 0 spiro atoms. The Hall–Kier alpha value is -2.75. The molecule has 0 bridgehead atoms. The Balaban J connectivity index is 0.00000208. The zero-order valence-electron chi connectivity index (χ0n) is 12.9. The number of para-hydroxylation sites is 3. The molecule has 3 N–H and O–H groups in total. The topological polar surface area (TPSA) is 79.8 Å². The summed E-state index contributed by atoms with van der Waals surface area (Å²) < 4.78 is 29.6. The van der Waals surface area contributed by atoms with Crippen LogP contribution in [0.1, 0.15) is 0 Å². The highest BCUT2D eigenvalue weighted by Gasteiger charge is 2.33. The molecule has 0 unspecified atom stereocenters. The summed E-state index contributed by atoms with van der Waals surface area (Å²) in [4.78, 5) is 0. The lowest BCUT2D eigenvalue weighted by atomic mass is 10.3. The van der Waals surface area contributed by atoms with Gasteiger partial charge in [0.05, 0.1) is 0 Å². The van der Waals surface area contributed by atoms with Crippen molar-refractivity contribution >= 4 is 7.82 Å². The highest BCUT2D eigenvalue weighted by Crippen LogP contribution is 2.49. The SMILES string of the molecule is N.O=P(Oc1ccccc1)(Oc1ccccc1)Oc1ccccc1. The van der Waals surface area contributed by atoms with Crippen LogP contribution >= 0.6 is 7.82 Å². The molecule has 0 saturated carbocycles. The molecule has 5 nitrogen and oxygen atoms in total. The molecule has 0 radical (unpaired) electrons. The summed E-state index contributed by atoms with van der Waals surface area (Å²) in [6, 6.07) is 26.4. The van der Waals surface area contributed by atoms with E-state index in [1.807, 2.05) is 18.2 Å². The van der Waals surface area contributed by atoms with Gasteiger partial charge in [-0.25, -0.2) is 0 Å². The van der Waals surface area contributed by atoms with E-state index in [4.69, 9.17) is 13.6 Å². The zero-order valence-corrected chi connectivity index (χ0v) is 13.8. The van der Waals surface area contributed by atoms with Crippen LogP contribution in [0.5, 0.6) is 17.2 Å². The monoisotopic (exact) mass is 343 g/mol. The van der Waals surface area contributed by atoms with Crippen LogP contribution in [-0.4, -0.2) is 0 Å². The molecule has 0 aliphatic rings. The third-order valence-electron chi connectivity index (χ3n) is 2.88. The van der Waals surface area contributed by atoms with E-state index in [0.29, 0.717) is 17.2 Å². The summed E-state index contributed by atoms with van der Waals surface area (Å²) in [6.45, 7) is 0. The van der Waals surface area contributed by atoms with Crippen molar-refractivity contribution in [2.75, 3.05) is 0 Å². The standard InChI is InChI=1S/C18H15O4P.H3N/c19-23(20-16-10-4-1-5-11-16,21-17-12-6-2-7-13-17)22-18-14-8-3-9-15-18;/h1-15H;1H3. The third-order valence-corrected chi connectivity index (χ3v) is 4.18. The lowest BCUT2D eigenvalue weighted by Crippen LogP contribution is -2.07. The van der Waals surface area contributed by atoms with Crippen LogP contribution in [0.25, 0.3) is 0 Å². The second-order valence-corrected chi connectivity index (χ2v) is 6.10. The second kappa shape index (κ2) is 8.20. The molecule has 0 aliphatic heterocycles. The summed E-state index contributed by atoms with van der Waals surface area (Å²) in [5, 5.41) is 0. The number of phosphoric acid groups is 1. The molecule has 0 aromatic heterocycles. The van der Waals surface area contributed by atoms with Gasteiger partial charge in [0.1, 0.15) is 17.2 Å². The largest absolute Gasteiger partial charge is 0.647 e. The molecule has 0 aliphatic carbocycles. The molecule has 3 aromatic rings. The van der Waals surface area contributed by atoms with Crippen LogP contribution < -0.4 is 19.7 Å². The van der Waals surface area contributed by atoms with Crippen LogP contribution in [0, 0.1) is 0 Å². The summed E-state index contributed by atoms with van der Waals surface area (Å²) in [6.07, 6.45) is 0. The third kappa shape index (κ3) is 4.88. The van der Waals surface area contributed by atoms with Crippen molar-refractivity contribution in [3.05, 3.63) is 91.0 Å². The fourth-order valence-corrected chi connectivity index (χ4v) is 3.14. The molecule has 6 heteroatoms. The van der Waals surface area contributed by atoms with Crippen molar-refractivity contribution in [3.8, 4) is 17.2 Å². The predicted octanol–water partition coefficient (Wildman–Crippen LogP) is 5.49. The van der Waals surface area contributed by atoms with Crippen molar-refractivity contribution in [2.45, 2.75) is 0 Å². The molecule has 0 fully saturated rings. The van der Waals surface area contributed by atoms with Gasteiger partial charge in [-0.05, 0) is 36.4 Å². The first-order valence-corrected chi connectivity index (χ1v) is 8.54. The Morgan fingerprint density at radius 1 is 0.500 bits per heavy atom. The van der Waals surface area contributed by atoms with Crippen LogP contribution in [0.15, 0.2) is 91.0 Å². The van der Waals surface area contributed by atoms with Gasteiger partial charge >= 0.3 is 7.82 Å². The maximum absolute atomic E-state index is 13.1. The quantitative estimate of drug-likeness (QED) is 0.598. The molecule has 0 saturated heterocycles. The number of benzene rings is 3. The van der Waals surface area contributed by atoms with Gasteiger partial charge in [0, 0.05) is 0 Å². The molecular formula is C18H18NO4P. The Bertz CT molecular complexity index is 674. The van der Waals surface area contributed by atoms with E-state index >= 15 is 0 Å². The van der Waals surface area contributed by atoms with Crippen molar-refractivity contribution < 1.29 is 18.1 Å². The van der Waals surface area contributed by atoms with Crippen molar-refractivity contribution in [1.29, 1.82) is 0 Å². The van der Waals surface area contributed by atoms with E-state index in [-0.39, 0.29) is 6.15 Å². The van der Waals surface area contributed by atoms with Gasteiger partial charge in [0.25, 0.3) is 0 Å². The van der Waals surface area contributed by atoms with Gasteiger partial charge in [-0.15, -0.1) is 0 Å². The van der Waals surface area contributed by atoms with Gasteiger partial charge in [0.15, 0.2) is 0 Å². The van der Waals surface area contributed by atoms with Gasteiger partial charge in [-0.1, -0.05) is 54.6 Å². The minimum Gasteiger partial charge on any atom is -0.386 e. The fraction of sp³-hybridized carbons (Fsp3) is 0. The molecule has 3 rings (SSSR count). The Morgan fingerprint density at radius 2 is 0.750 bits per heavy atom. The van der Waals surface area contributed by atoms with Crippen molar-refractivity contribution in [1.82, 2.24) is 6.15 Å². The average Bonchev–Trinajstić information content (AvgIpc) is 2.57. The maximum Gasteiger partial charge on any atom is 0.647 e. The van der Waals surface area contributed by atoms with Crippen LogP contribution in [0.2, 0.25) is 0 Å². The zero-order chi connectivity index (χ0) is 16.0. The van der Waals surface area contributed by atoms with Gasteiger partial charge in [-0.3, -0.25) is 0 Å². The van der Waals surface area contributed by atoms with E-state index in [2.05, 4.69) is 0 Å². The number of hydrogen-bond acceptors (Lipinski definition) is 5. The lowest BCUT2D eigenvalue weighted by molar-refractivity contribution is 0.298. The highest BCUT2D eigenvalue weighted by molar-refractivity contribution is 7.49. The van der Waals surface area contributed by atoms with Crippen molar-refractivity contribution in [2.24, 2.45) is 0 Å². The van der Waals surface area contributed by atoms with Gasteiger partial charge < -0.3 is 19.7 Å². The fourth-order valence-electron chi connectivity index (χ4n) is 1.89. The second-order valence-electron chi connectivity index (χ2n) is 4.66. The van der Waals surface area contributed by atoms with Crippen LogP contribution in [0.3, 0.4) is 0 Å².